The van der Waals surface area contributed by atoms with Crippen LogP contribution in [0.3, 0.4) is 0 Å². The molecular formula is C16H19FN2. The lowest BCUT2D eigenvalue weighted by atomic mass is 9.92. The summed E-state index contributed by atoms with van der Waals surface area (Å²) in [4.78, 5) is 0. The molecule has 100 valence electrons. The summed E-state index contributed by atoms with van der Waals surface area (Å²) in [5.74, 6) is 5.40. The fourth-order valence-corrected chi connectivity index (χ4v) is 2.35. The van der Waals surface area contributed by atoms with E-state index in [1.807, 2.05) is 19.9 Å². The van der Waals surface area contributed by atoms with Gasteiger partial charge in [0.1, 0.15) is 5.82 Å². The van der Waals surface area contributed by atoms with Crippen molar-refractivity contribution in [2.24, 2.45) is 5.84 Å². The van der Waals surface area contributed by atoms with Crippen molar-refractivity contribution in [1.82, 2.24) is 5.43 Å². The van der Waals surface area contributed by atoms with E-state index in [9.17, 15) is 4.39 Å². The predicted octanol–water partition coefficient (Wildman–Crippen LogP) is 3.30. The number of benzene rings is 2. The predicted molar refractivity (Wildman–Crippen MR) is 76.2 cm³/mol. The molecule has 0 saturated carbocycles. The molecule has 0 heterocycles. The minimum atomic E-state index is -0.333. The summed E-state index contributed by atoms with van der Waals surface area (Å²) in [6, 6.07) is 10.6. The van der Waals surface area contributed by atoms with Crippen LogP contribution in [0.5, 0.6) is 0 Å². The second-order valence-electron chi connectivity index (χ2n) is 4.91. The molecule has 3 N–H and O–H groups in total. The van der Waals surface area contributed by atoms with Crippen molar-refractivity contribution in [3.63, 3.8) is 0 Å². The fourth-order valence-electron chi connectivity index (χ4n) is 2.35. The van der Waals surface area contributed by atoms with Crippen LogP contribution in [0.1, 0.15) is 33.9 Å². The molecule has 2 rings (SSSR count). The lowest BCUT2D eigenvalue weighted by Gasteiger charge is -2.21. The van der Waals surface area contributed by atoms with Crippen LogP contribution in [0.25, 0.3) is 0 Å². The first-order chi connectivity index (χ1) is 9.04. The topological polar surface area (TPSA) is 38.0 Å². The van der Waals surface area contributed by atoms with Crippen LogP contribution in [0.15, 0.2) is 36.4 Å². The van der Waals surface area contributed by atoms with Crippen molar-refractivity contribution >= 4 is 0 Å². The fraction of sp³-hybridized carbons (Fsp3) is 0.250. The maximum absolute atomic E-state index is 13.9. The Hall–Kier alpha value is -1.71. The van der Waals surface area contributed by atoms with Gasteiger partial charge in [-0.15, -0.1) is 0 Å². The van der Waals surface area contributed by atoms with Crippen LogP contribution in [0, 0.1) is 26.6 Å². The van der Waals surface area contributed by atoms with Gasteiger partial charge in [0.2, 0.25) is 0 Å². The van der Waals surface area contributed by atoms with E-state index in [2.05, 4.69) is 24.5 Å². The Morgan fingerprint density at radius 3 is 2.21 bits per heavy atom. The number of nitrogens with one attached hydrogen (secondary N) is 1. The number of rotatable bonds is 3. The monoisotopic (exact) mass is 258 g/mol. The number of hydrogen-bond acceptors (Lipinski definition) is 2. The Bertz CT molecular complexity index is 593. The molecule has 1 unspecified atom stereocenters. The Balaban J connectivity index is 2.55. The molecule has 2 aromatic rings. The molecule has 0 amide bonds. The minimum absolute atomic E-state index is 0.247. The standard InChI is InChI=1S/C16H19FN2/c1-10-8-12(3)14(9-11(10)2)16(19-18)13-6-4-5-7-15(13)17/h4-9,16,19H,18H2,1-3H3. The molecule has 0 radical (unpaired) electrons. The van der Waals surface area contributed by atoms with Gasteiger partial charge in [0.25, 0.3) is 0 Å². The van der Waals surface area contributed by atoms with Crippen LogP contribution in [-0.2, 0) is 0 Å². The number of aryl methyl sites for hydroxylation is 3. The molecule has 0 fully saturated rings. The minimum Gasteiger partial charge on any atom is -0.271 e. The number of halogens is 1. The largest absolute Gasteiger partial charge is 0.271 e. The van der Waals surface area contributed by atoms with E-state index in [1.165, 1.54) is 17.2 Å². The molecule has 19 heavy (non-hydrogen) atoms. The summed E-state index contributed by atoms with van der Waals surface area (Å²) in [6.45, 7) is 6.14. The summed E-state index contributed by atoms with van der Waals surface area (Å²) in [6.07, 6.45) is 0. The Morgan fingerprint density at radius 2 is 1.58 bits per heavy atom. The van der Waals surface area contributed by atoms with Gasteiger partial charge in [-0.3, -0.25) is 5.84 Å². The summed E-state index contributed by atoms with van der Waals surface area (Å²) >= 11 is 0. The summed E-state index contributed by atoms with van der Waals surface area (Å²) in [5.41, 5.74) is 7.81. The van der Waals surface area contributed by atoms with Gasteiger partial charge in [0, 0.05) is 5.56 Å². The number of hydrazine groups is 1. The highest BCUT2D eigenvalue weighted by molar-refractivity contribution is 5.42. The second-order valence-corrected chi connectivity index (χ2v) is 4.91. The summed E-state index contributed by atoms with van der Waals surface area (Å²) in [7, 11) is 0. The van der Waals surface area contributed by atoms with Crippen molar-refractivity contribution in [3.05, 3.63) is 70.0 Å². The van der Waals surface area contributed by atoms with Crippen molar-refractivity contribution in [2.75, 3.05) is 0 Å². The van der Waals surface area contributed by atoms with E-state index in [4.69, 9.17) is 5.84 Å². The SMILES string of the molecule is Cc1cc(C)c(C(NN)c2ccccc2F)cc1C. The lowest BCUT2D eigenvalue weighted by molar-refractivity contribution is 0.558. The zero-order valence-corrected chi connectivity index (χ0v) is 11.5. The van der Waals surface area contributed by atoms with E-state index in [0.717, 1.165) is 11.1 Å². The second kappa shape index (κ2) is 5.51. The maximum Gasteiger partial charge on any atom is 0.128 e. The van der Waals surface area contributed by atoms with Gasteiger partial charge in [-0.25, -0.2) is 9.82 Å². The third-order valence-corrected chi connectivity index (χ3v) is 3.58. The van der Waals surface area contributed by atoms with E-state index >= 15 is 0 Å². The van der Waals surface area contributed by atoms with Gasteiger partial charge in [0.15, 0.2) is 0 Å². The first kappa shape index (κ1) is 13.7. The van der Waals surface area contributed by atoms with E-state index in [1.54, 1.807) is 12.1 Å². The van der Waals surface area contributed by atoms with Gasteiger partial charge in [-0.2, -0.15) is 0 Å². The molecule has 0 saturated heterocycles. The maximum atomic E-state index is 13.9. The Morgan fingerprint density at radius 1 is 0.947 bits per heavy atom. The van der Waals surface area contributed by atoms with E-state index in [0.29, 0.717) is 5.56 Å². The van der Waals surface area contributed by atoms with Crippen LogP contribution in [-0.4, -0.2) is 0 Å². The quantitative estimate of drug-likeness (QED) is 0.655. The van der Waals surface area contributed by atoms with Gasteiger partial charge < -0.3 is 0 Å². The van der Waals surface area contributed by atoms with Crippen LogP contribution in [0.2, 0.25) is 0 Å². The van der Waals surface area contributed by atoms with Gasteiger partial charge in [-0.05, 0) is 49.1 Å². The average Bonchev–Trinajstić information content (AvgIpc) is 2.38. The summed E-state index contributed by atoms with van der Waals surface area (Å²) in [5, 5.41) is 0. The Kier molecular flexibility index (Phi) is 3.98. The van der Waals surface area contributed by atoms with Gasteiger partial charge in [0.05, 0.1) is 6.04 Å². The number of nitrogens with two attached hydrogens (primary N) is 1. The summed E-state index contributed by atoms with van der Waals surface area (Å²) < 4.78 is 13.9. The zero-order valence-electron chi connectivity index (χ0n) is 11.5. The molecule has 0 bridgehead atoms. The number of hydrogen-bond donors (Lipinski definition) is 2. The normalized spacial score (nSPS) is 12.5. The highest BCUT2D eigenvalue weighted by atomic mass is 19.1. The molecular weight excluding hydrogens is 239 g/mol. The zero-order chi connectivity index (χ0) is 14.0. The van der Waals surface area contributed by atoms with Crippen LogP contribution >= 0.6 is 0 Å². The molecule has 2 aromatic carbocycles. The molecule has 0 aliphatic carbocycles. The van der Waals surface area contributed by atoms with E-state index in [-0.39, 0.29) is 11.9 Å². The lowest BCUT2D eigenvalue weighted by Crippen LogP contribution is -2.30. The molecule has 3 heteroatoms. The molecule has 0 aliphatic rings. The molecule has 0 spiro atoms. The van der Waals surface area contributed by atoms with E-state index < -0.39 is 0 Å². The highest BCUT2D eigenvalue weighted by Crippen LogP contribution is 2.28. The van der Waals surface area contributed by atoms with Crippen LogP contribution in [0.4, 0.5) is 4.39 Å². The molecule has 0 aliphatic heterocycles. The smallest absolute Gasteiger partial charge is 0.128 e. The molecule has 2 nitrogen and oxygen atoms in total. The van der Waals surface area contributed by atoms with Gasteiger partial charge in [-0.1, -0.05) is 30.3 Å². The Labute approximate surface area is 113 Å². The molecule has 0 aromatic heterocycles. The first-order valence-corrected chi connectivity index (χ1v) is 6.33. The van der Waals surface area contributed by atoms with Crippen molar-refractivity contribution < 1.29 is 4.39 Å². The van der Waals surface area contributed by atoms with Crippen LogP contribution < -0.4 is 11.3 Å². The third-order valence-electron chi connectivity index (χ3n) is 3.58. The van der Waals surface area contributed by atoms with Crippen molar-refractivity contribution in [3.8, 4) is 0 Å². The molecule has 1 atom stereocenters. The van der Waals surface area contributed by atoms with Crippen molar-refractivity contribution in [2.45, 2.75) is 26.8 Å². The third kappa shape index (κ3) is 2.67. The average molecular weight is 258 g/mol. The first-order valence-electron chi connectivity index (χ1n) is 6.33. The van der Waals surface area contributed by atoms with Crippen molar-refractivity contribution in [1.29, 1.82) is 0 Å². The van der Waals surface area contributed by atoms with Gasteiger partial charge >= 0.3 is 0 Å². The highest BCUT2D eigenvalue weighted by Gasteiger charge is 2.18.